The smallest absolute Gasteiger partial charge is 0.312 e. The number of carbonyl (C=O) groups is 3. The first-order valence-electron chi connectivity index (χ1n) is 21.8. The number of esters is 1. The molecule has 1 fully saturated rings. The second kappa shape index (κ2) is 19.9. The number of allylic oxidation sites excluding steroid dienone is 3. The van der Waals surface area contributed by atoms with Crippen LogP contribution in [0.25, 0.3) is 10.8 Å². The van der Waals surface area contributed by atoms with E-state index in [0.717, 1.165) is 6.54 Å². The molecule has 4 heterocycles. The molecule has 15 nitrogen and oxygen atoms in total. The van der Waals surface area contributed by atoms with Crippen LogP contribution in [-0.2, 0) is 30.3 Å². The van der Waals surface area contributed by atoms with Crippen LogP contribution < -0.4 is 10.1 Å². The standard InChI is InChI=1S/C49H62N4O11/c1-27-14-13-15-28(2)48(60)51-40-35(25-50-53-21-19-52(20-22-53)26-34-16-11-10-12-17-34)43(57)37-38(44(40)58)42(56)32(6)46-39(37)47(59)49(8,64-46)62-23-18-36(61-9)30(4)45(63-33(7)54)31(5)41(55)29(3)24-27/h10-18,23,25,27,29-31,36,41,45,55-58H,19-22,24,26H2,1-9H3,(H,51,60)/b14-13+,23-18+,28-15-,50-25+. The van der Waals surface area contributed by atoms with Gasteiger partial charge in [-0.1, -0.05) is 76.3 Å². The van der Waals surface area contributed by atoms with Crippen molar-refractivity contribution >= 4 is 40.3 Å². The molecule has 0 aromatic heterocycles. The Labute approximate surface area is 374 Å². The second-order valence-electron chi connectivity index (χ2n) is 17.6. The molecule has 1 amide bonds. The second-order valence-corrected chi connectivity index (χ2v) is 17.6. The fraction of sp³-hybridized carbons (Fsp3) is 0.469. The molecule has 15 heteroatoms. The Balaban J connectivity index is 1.44. The summed E-state index contributed by atoms with van der Waals surface area (Å²) in [6.45, 7) is 16.6. The number of aliphatic hydroxyl groups is 1. The maximum Gasteiger partial charge on any atom is 0.312 e. The molecular weight excluding hydrogens is 821 g/mol. The summed E-state index contributed by atoms with van der Waals surface area (Å²) < 4.78 is 23.8. The molecule has 8 atom stereocenters. The van der Waals surface area contributed by atoms with Crippen LogP contribution in [0.4, 0.5) is 5.69 Å². The van der Waals surface area contributed by atoms with E-state index in [1.807, 2.05) is 57.0 Å². The fourth-order valence-electron chi connectivity index (χ4n) is 8.93. The number of Topliss-reactive ketones (excluding diaryl/α,β-unsaturated/α-hetero) is 1. The number of piperazine rings is 1. The lowest BCUT2D eigenvalue weighted by Gasteiger charge is -2.36. The van der Waals surface area contributed by atoms with Crippen LogP contribution in [0.15, 0.2) is 71.6 Å². The van der Waals surface area contributed by atoms with E-state index in [9.17, 15) is 34.8 Å². The van der Waals surface area contributed by atoms with E-state index in [1.165, 1.54) is 45.9 Å². The number of phenolic OH excluding ortho intramolecular Hbond substituents is 3. The molecule has 5 bridgehead atoms. The number of methoxy groups -OCH3 is 1. The molecule has 0 aliphatic carbocycles. The van der Waals surface area contributed by atoms with Gasteiger partial charge in [-0.15, -0.1) is 0 Å². The van der Waals surface area contributed by atoms with Crippen LogP contribution in [0.5, 0.6) is 23.0 Å². The molecule has 344 valence electrons. The van der Waals surface area contributed by atoms with Crippen molar-refractivity contribution in [1.82, 2.24) is 9.91 Å². The van der Waals surface area contributed by atoms with Crippen molar-refractivity contribution in [2.24, 2.45) is 28.8 Å². The molecule has 4 aliphatic heterocycles. The Morgan fingerprint density at radius 1 is 0.969 bits per heavy atom. The number of anilines is 1. The number of nitrogens with zero attached hydrogens (tertiary/aromatic N) is 3. The zero-order chi connectivity index (χ0) is 46.6. The number of carbonyl (C=O) groups excluding carboxylic acids is 3. The molecule has 7 rings (SSSR count). The molecule has 8 unspecified atom stereocenters. The number of rotatable bonds is 6. The van der Waals surface area contributed by atoms with E-state index in [-0.39, 0.29) is 56.3 Å². The number of hydrazone groups is 1. The van der Waals surface area contributed by atoms with E-state index < -0.39 is 70.8 Å². The maximum atomic E-state index is 14.6. The maximum absolute atomic E-state index is 14.6. The first kappa shape index (κ1) is 47.6. The molecular formula is C49H62N4O11. The van der Waals surface area contributed by atoms with Gasteiger partial charge in [-0.2, -0.15) is 5.10 Å². The number of aromatic hydroxyl groups is 3. The Hall–Kier alpha value is -5.90. The van der Waals surface area contributed by atoms with Crippen molar-refractivity contribution in [1.29, 1.82) is 0 Å². The number of hydrogen-bond donors (Lipinski definition) is 5. The van der Waals surface area contributed by atoms with Gasteiger partial charge in [0.15, 0.2) is 5.75 Å². The Morgan fingerprint density at radius 3 is 2.31 bits per heavy atom. The highest BCUT2D eigenvalue weighted by molar-refractivity contribution is 6.23. The summed E-state index contributed by atoms with van der Waals surface area (Å²) in [6, 6.07) is 10.1. The average molecular weight is 883 g/mol. The Bertz CT molecular complexity index is 2350. The van der Waals surface area contributed by atoms with Gasteiger partial charge in [0.25, 0.3) is 11.7 Å². The zero-order valence-corrected chi connectivity index (χ0v) is 38.1. The minimum atomic E-state index is -2.03. The van der Waals surface area contributed by atoms with Crippen LogP contribution in [0.2, 0.25) is 0 Å². The molecule has 0 saturated carbocycles. The van der Waals surface area contributed by atoms with Crippen LogP contribution in [0.3, 0.4) is 0 Å². The summed E-state index contributed by atoms with van der Waals surface area (Å²) in [5.74, 6) is -6.90. The van der Waals surface area contributed by atoms with Crippen molar-refractivity contribution < 1.29 is 53.8 Å². The van der Waals surface area contributed by atoms with Gasteiger partial charge in [0.2, 0.25) is 0 Å². The van der Waals surface area contributed by atoms with Gasteiger partial charge in [0.1, 0.15) is 23.4 Å². The predicted octanol–water partition coefficient (Wildman–Crippen LogP) is 6.94. The molecule has 0 radical (unpaired) electrons. The molecule has 4 aliphatic rings. The largest absolute Gasteiger partial charge is 0.507 e. The molecule has 0 spiro atoms. The van der Waals surface area contributed by atoms with E-state index in [1.54, 1.807) is 25.2 Å². The van der Waals surface area contributed by atoms with Crippen molar-refractivity contribution in [2.45, 2.75) is 92.5 Å². The number of hydrogen-bond acceptors (Lipinski definition) is 14. The SMILES string of the molecule is COC1/C=C/OC2(C)Oc3c(C)c(O)c4c(O)c(c(/C=N/N5CCN(Cc6ccccc6)CC5)c(O)c4c3C2=O)NC(=O)/C(C)=C\C=C\C(C)CC(C)C(O)C(C)C(OC(C)=O)C1C. The first-order chi connectivity index (χ1) is 30.4. The molecule has 3 aromatic carbocycles. The molecule has 1 saturated heterocycles. The highest BCUT2D eigenvalue weighted by atomic mass is 16.7. The minimum Gasteiger partial charge on any atom is -0.507 e. The van der Waals surface area contributed by atoms with E-state index >= 15 is 0 Å². The van der Waals surface area contributed by atoms with Gasteiger partial charge >= 0.3 is 11.8 Å². The number of ketones is 1. The van der Waals surface area contributed by atoms with Crippen molar-refractivity contribution in [2.75, 3.05) is 38.6 Å². The van der Waals surface area contributed by atoms with Crippen LogP contribution in [0.1, 0.15) is 81.9 Å². The summed E-state index contributed by atoms with van der Waals surface area (Å²) in [6.07, 6.45) is 7.56. The quantitative estimate of drug-likeness (QED) is 0.0740. The lowest BCUT2D eigenvalue weighted by molar-refractivity contribution is -0.159. The third-order valence-corrected chi connectivity index (χ3v) is 12.7. The van der Waals surface area contributed by atoms with E-state index in [2.05, 4.69) is 27.5 Å². The average Bonchev–Trinajstić information content (AvgIpc) is 3.53. The Kier molecular flexibility index (Phi) is 14.8. The van der Waals surface area contributed by atoms with Gasteiger partial charge in [0, 0.05) is 82.0 Å². The number of phenols is 3. The minimum absolute atomic E-state index is 0.0329. The number of fused-ring (bicyclic) bond motifs is 14. The topological polar surface area (TPSA) is 200 Å². The van der Waals surface area contributed by atoms with E-state index in [4.69, 9.17) is 18.9 Å². The van der Waals surface area contributed by atoms with Crippen LogP contribution in [-0.4, -0.2) is 112 Å². The lowest BCUT2D eigenvalue weighted by Crippen LogP contribution is -2.44. The van der Waals surface area contributed by atoms with Gasteiger partial charge < -0.3 is 44.7 Å². The van der Waals surface area contributed by atoms with Gasteiger partial charge in [0.05, 0.1) is 46.9 Å². The number of benzene rings is 3. The van der Waals surface area contributed by atoms with Crippen LogP contribution >= 0.6 is 0 Å². The normalized spacial score (nSPS) is 29.2. The summed E-state index contributed by atoms with van der Waals surface area (Å²) in [4.78, 5) is 43.1. The molecule has 5 N–H and O–H groups in total. The predicted molar refractivity (Wildman–Crippen MR) is 243 cm³/mol. The number of nitrogens with one attached hydrogen (secondary N) is 1. The first-order valence-corrected chi connectivity index (χ1v) is 21.8. The van der Waals surface area contributed by atoms with Crippen molar-refractivity contribution in [3.63, 3.8) is 0 Å². The summed E-state index contributed by atoms with van der Waals surface area (Å²) in [5.41, 5.74) is 1.02. The third kappa shape index (κ3) is 9.91. The zero-order valence-electron chi connectivity index (χ0n) is 38.1. The summed E-state index contributed by atoms with van der Waals surface area (Å²) >= 11 is 0. The summed E-state index contributed by atoms with van der Waals surface area (Å²) in [7, 11) is 1.48. The highest BCUT2D eigenvalue weighted by Gasteiger charge is 2.50. The van der Waals surface area contributed by atoms with Crippen molar-refractivity contribution in [3.05, 3.63) is 88.7 Å². The molecule has 3 aromatic rings. The third-order valence-electron chi connectivity index (χ3n) is 12.7. The van der Waals surface area contributed by atoms with E-state index in [0.29, 0.717) is 32.6 Å². The molecule has 64 heavy (non-hydrogen) atoms. The van der Waals surface area contributed by atoms with Crippen LogP contribution in [0, 0.1) is 30.6 Å². The fourth-order valence-corrected chi connectivity index (χ4v) is 8.93. The lowest BCUT2D eigenvalue weighted by atomic mass is 9.79. The number of ether oxygens (including phenoxy) is 4. The van der Waals surface area contributed by atoms with Crippen molar-refractivity contribution in [3.8, 4) is 23.0 Å². The number of amides is 1. The monoisotopic (exact) mass is 882 g/mol. The van der Waals surface area contributed by atoms with Gasteiger partial charge in [-0.25, -0.2) is 0 Å². The Morgan fingerprint density at radius 2 is 1.66 bits per heavy atom. The summed E-state index contributed by atoms with van der Waals surface area (Å²) in [5, 5.41) is 56.2. The van der Waals surface area contributed by atoms with Gasteiger partial charge in [-0.3, -0.25) is 24.3 Å². The number of aliphatic hydroxyl groups excluding tert-OH is 1. The highest BCUT2D eigenvalue weighted by Crippen LogP contribution is 2.55. The van der Waals surface area contributed by atoms with Gasteiger partial charge in [-0.05, 0) is 43.7 Å².